The number of nitrogens with zero attached hydrogens (tertiary/aromatic N) is 4. The van der Waals surface area contributed by atoms with E-state index in [9.17, 15) is 9.59 Å². The van der Waals surface area contributed by atoms with Crippen LogP contribution in [0, 0.1) is 11.3 Å². The predicted octanol–water partition coefficient (Wildman–Crippen LogP) is 2.92. The summed E-state index contributed by atoms with van der Waals surface area (Å²) in [5.74, 6) is -0.334. The molecule has 0 bridgehead atoms. The van der Waals surface area contributed by atoms with Gasteiger partial charge in [-0.1, -0.05) is 33.8 Å². The molecule has 4 N–H and O–H groups in total. The number of fused-ring (bicyclic) bond motifs is 1. The van der Waals surface area contributed by atoms with E-state index in [-0.39, 0.29) is 11.8 Å². The zero-order valence-corrected chi connectivity index (χ0v) is 22.6. The number of likely N-dealkylation sites (N-methyl/N-ethyl adjacent to an activating group) is 1. The first kappa shape index (κ1) is 30.6. The van der Waals surface area contributed by atoms with Gasteiger partial charge in [0.05, 0.1) is 12.1 Å². The van der Waals surface area contributed by atoms with Crippen LogP contribution in [0.5, 0.6) is 0 Å². The molecule has 1 aromatic rings. The van der Waals surface area contributed by atoms with Gasteiger partial charge in [0.25, 0.3) is 0 Å². The topological polar surface area (TPSA) is 120 Å². The Kier molecular flexibility index (Phi) is 13.5. The Morgan fingerprint density at radius 1 is 1.26 bits per heavy atom. The van der Waals surface area contributed by atoms with Gasteiger partial charge in [-0.25, -0.2) is 0 Å². The standard InChI is InChI=1S/C23H37N5O2.C2H3N.C2H6/c1-4-10-26(3)23(30)20(24)15-27-11-12-28(18(5-2)14-27)21-9-7-16-13-17(22(25)29)6-8-19(16)21;1-2-3;1-2/h6,8,13,18,20-21H,4-5,7,9-12,14-15,24H2,1-3H3,(H2,25,29);1H3;1-2H3/t18?,20-,21+;;/m0../s1. The number of aryl methyl sites for hydroxylation is 1. The predicted molar refractivity (Wildman–Crippen MR) is 142 cm³/mol. The molecule has 0 radical (unpaired) electrons. The lowest BCUT2D eigenvalue weighted by molar-refractivity contribution is -0.132. The van der Waals surface area contributed by atoms with Gasteiger partial charge in [0.15, 0.2) is 0 Å². The zero-order chi connectivity index (χ0) is 26.5. The number of carbonyl (C=O) groups excluding carboxylic acids is 2. The van der Waals surface area contributed by atoms with Crippen molar-refractivity contribution in [2.24, 2.45) is 11.5 Å². The highest BCUT2D eigenvalue weighted by atomic mass is 16.2. The largest absolute Gasteiger partial charge is 0.366 e. The molecule has 1 aliphatic heterocycles. The van der Waals surface area contributed by atoms with Crippen molar-refractivity contribution in [2.75, 3.05) is 39.8 Å². The van der Waals surface area contributed by atoms with Gasteiger partial charge in [-0.15, -0.1) is 0 Å². The van der Waals surface area contributed by atoms with Crippen LogP contribution in [-0.4, -0.2) is 78.4 Å². The van der Waals surface area contributed by atoms with Crippen LogP contribution >= 0.6 is 0 Å². The number of nitrogens with two attached hydrogens (primary N) is 2. The monoisotopic (exact) mass is 486 g/mol. The summed E-state index contributed by atoms with van der Waals surface area (Å²) >= 11 is 0. The summed E-state index contributed by atoms with van der Waals surface area (Å²) in [4.78, 5) is 30.7. The lowest BCUT2D eigenvalue weighted by atomic mass is 9.99. The first-order valence-electron chi connectivity index (χ1n) is 13.0. The molecule has 35 heavy (non-hydrogen) atoms. The third kappa shape index (κ3) is 8.31. The molecule has 0 spiro atoms. The molecule has 1 aromatic carbocycles. The normalized spacial score (nSPS) is 20.3. The molecule has 1 heterocycles. The molecule has 196 valence electrons. The van der Waals surface area contributed by atoms with E-state index in [1.54, 1.807) is 11.0 Å². The molecule has 2 amide bonds. The van der Waals surface area contributed by atoms with Crippen LogP contribution in [-0.2, 0) is 11.2 Å². The van der Waals surface area contributed by atoms with Crippen LogP contribution in [0.1, 0.15) is 81.4 Å². The highest BCUT2D eigenvalue weighted by molar-refractivity contribution is 5.93. The van der Waals surface area contributed by atoms with Crippen molar-refractivity contribution >= 4 is 11.8 Å². The van der Waals surface area contributed by atoms with E-state index < -0.39 is 6.04 Å². The van der Waals surface area contributed by atoms with Crippen LogP contribution in [0.2, 0.25) is 0 Å². The molecule has 2 aliphatic rings. The summed E-state index contributed by atoms with van der Waals surface area (Å²) in [6.45, 7) is 13.9. The number of amides is 2. The van der Waals surface area contributed by atoms with Gasteiger partial charge in [-0.3, -0.25) is 19.4 Å². The summed E-state index contributed by atoms with van der Waals surface area (Å²) in [7, 11) is 1.83. The number of hydrogen-bond donors (Lipinski definition) is 2. The molecular formula is C27H46N6O2. The summed E-state index contributed by atoms with van der Waals surface area (Å²) in [5.41, 5.74) is 14.9. The molecule has 3 rings (SSSR count). The third-order valence-corrected chi connectivity index (χ3v) is 6.66. The maximum Gasteiger partial charge on any atom is 0.248 e. The van der Waals surface area contributed by atoms with Crippen LogP contribution in [0.25, 0.3) is 0 Å². The van der Waals surface area contributed by atoms with Crippen molar-refractivity contribution in [1.82, 2.24) is 14.7 Å². The summed E-state index contributed by atoms with van der Waals surface area (Å²) in [6.07, 6.45) is 4.06. The Balaban J connectivity index is 0.00000114. The van der Waals surface area contributed by atoms with Crippen molar-refractivity contribution in [2.45, 2.75) is 78.4 Å². The van der Waals surface area contributed by atoms with Crippen molar-refractivity contribution in [1.29, 1.82) is 5.26 Å². The Morgan fingerprint density at radius 3 is 2.49 bits per heavy atom. The summed E-state index contributed by atoms with van der Waals surface area (Å²) < 4.78 is 0. The first-order chi connectivity index (χ1) is 16.8. The van der Waals surface area contributed by atoms with Gasteiger partial charge in [-0.2, -0.15) is 5.26 Å². The van der Waals surface area contributed by atoms with Crippen LogP contribution in [0.15, 0.2) is 18.2 Å². The van der Waals surface area contributed by atoms with Crippen molar-refractivity contribution in [3.05, 3.63) is 34.9 Å². The van der Waals surface area contributed by atoms with Gasteiger partial charge < -0.3 is 16.4 Å². The van der Waals surface area contributed by atoms with Crippen molar-refractivity contribution < 1.29 is 9.59 Å². The average molecular weight is 487 g/mol. The molecule has 1 unspecified atom stereocenters. The second-order valence-corrected chi connectivity index (χ2v) is 8.98. The van der Waals surface area contributed by atoms with E-state index >= 15 is 0 Å². The van der Waals surface area contributed by atoms with E-state index in [1.165, 1.54) is 18.1 Å². The third-order valence-electron chi connectivity index (χ3n) is 6.66. The number of benzene rings is 1. The fourth-order valence-corrected chi connectivity index (χ4v) is 5.05. The molecule has 1 saturated heterocycles. The minimum atomic E-state index is -0.468. The fourth-order valence-electron chi connectivity index (χ4n) is 5.05. The fraction of sp³-hybridized carbons (Fsp3) is 0.667. The zero-order valence-electron chi connectivity index (χ0n) is 22.6. The number of piperazine rings is 1. The van der Waals surface area contributed by atoms with Crippen LogP contribution in [0.3, 0.4) is 0 Å². The first-order valence-corrected chi connectivity index (χ1v) is 13.0. The Labute approximate surface area is 212 Å². The minimum absolute atomic E-state index is 0.0299. The molecule has 8 heteroatoms. The van der Waals surface area contributed by atoms with E-state index in [1.807, 2.05) is 33.0 Å². The van der Waals surface area contributed by atoms with Crippen LogP contribution in [0.4, 0.5) is 0 Å². The number of primary amides is 1. The molecule has 1 aliphatic carbocycles. The number of nitriles is 1. The molecule has 0 aromatic heterocycles. The second-order valence-electron chi connectivity index (χ2n) is 8.98. The molecule has 3 atom stereocenters. The van der Waals surface area contributed by atoms with Crippen LogP contribution < -0.4 is 11.5 Å². The highest BCUT2D eigenvalue weighted by Gasteiger charge is 2.36. The summed E-state index contributed by atoms with van der Waals surface area (Å²) in [6, 6.07) is 8.01. The minimum Gasteiger partial charge on any atom is -0.366 e. The van der Waals surface area contributed by atoms with Crippen molar-refractivity contribution in [3.63, 3.8) is 0 Å². The van der Waals surface area contributed by atoms with Crippen molar-refractivity contribution in [3.8, 4) is 6.07 Å². The summed E-state index contributed by atoms with van der Waals surface area (Å²) in [5, 5.41) is 7.32. The van der Waals surface area contributed by atoms with Gasteiger partial charge in [0.1, 0.15) is 0 Å². The Bertz CT molecular complexity index is 853. The molecule has 8 nitrogen and oxygen atoms in total. The van der Waals surface area contributed by atoms with Gasteiger partial charge >= 0.3 is 0 Å². The number of rotatable bonds is 8. The Morgan fingerprint density at radius 2 is 1.91 bits per heavy atom. The maximum atomic E-state index is 12.5. The lowest BCUT2D eigenvalue weighted by Gasteiger charge is -2.45. The number of hydrogen-bond acceptors (Lipinski definition) is 6. The SMILES string of the molecule is CC.CC#N.CCCN(C)C(=O)[C@@H](N)CN1CCN([C@@H]2CCc3cc(C(N)=O)ccc32)C(CC)C1. The molecular weight excluding hydrogens is 440 g/mol. The van der Waals surface area contributed by atoms with E-state index in [4.69, 9.17) is 16.7 Å². The van der Waals surface area contributed by atoms with Gasteiger partial charge in [0.2, 0.25) is 11.8 Å². The molecule has 0 saturated carbocycles. The Hall–Kier alpha value is -2.47. The van der Waals surface area contributed by atoms with Gasteiger partial charge in [-0.05, 0) is 48.9 Å². The van der Waals surface area contributed by atoms with E-state index in [0.29, 0.717) is 24.2 Å². The maximum absolute atomic E-state index is 12.5. The van der Waals surface area contributed by atoms with Gasteiger partial charge in [0, 0.05) is 64.3 Å². The van der Waals surface area contributed by atoms with E-state index in [2.05, 4.69) is 29.7 Å². The smallest absolute Gasteiger partial charge is 0.248 e. The highest BCUT2D eigenvalue weighted by Crippen LogP contribution is 2.38. The number of carbonyl (C=O) groups is 2. The lowest BCUT2D eigenvalue weighted by Crippen LogP contribution is -2.57. The average Bonchev–Trinajstić information content (AvgIpc) is 3.28. The second kappa shape index (κ2) is 15.5. The quantitative estimate of drug-likeness (QED) is 0.583. The van der Waals surface area contributed by atoms with E-state index in [0.717, 1.165) is 51.9 Å². The molecule has 1 fully saturated rings.